The monoisotopic (exact) mass is 411 g/mol. The van der Waals surface area contributed by atoms with Gasteiger partial charge in [0.2, 0.25) is 0 Å². The highest BCUT2D eigenvalue weighted by molar-refractivity contribution is 6.37. The van der Waals surface area contributed by atoms with Crippen molar-refractivity contribution >= 4 is 57.8 Å². The van der Waals surface area contributed by atoms with Crippen molar-refractivity contribution in [3.63, 3.8) is 0 Å². The lowest BCUT2D eigenvalue weighted by Gasteiger charge is -2.33. The van der Waals surface area contributed by atoms with Gasteiger partial charge in [-0.25, -0.2) is 0 Å². The Morgan fingerprint density at radius 3 is 2.50 bits per heavy atom. The Kier molecular flexibility index (Phi) is 5.86. The highest BCUT2D eigenvalue weighted by Crippen LogP contribution is 2.36. The molecule has 26 heavy (non-hydrogen) atoms. The first kappa shape index (κ1) is 19.2. The molecule has 0 saturated carbocycles. The van der Waals surface area contributed by atoms with Gasteiger partial charge < -0.3 is 16.0 Å². The largest absolute Gasteiger partial charge is 0.397 e. The molecule has 1 heterocycles. The zero-order valence-corrected chi connectivity index (χ0v) is 16.6. The van der Waals surface area contributed by atoms with Gasteiger partial charge in [-0.3, -0.25) is 4.79 Å². The Morgan fingerprint density at radius 1 is 1.12 bits per heavy atom. The Hall–Kier alpha value is -1.62. The molecule has 0 aliphatic carbocycles. The quantitative estimate of drug-likeness (QED) is 0.634. The molecule has 0 spiro atoms. The highest BCUT2D eigenvalue weighted by Gasteiger charge is 2.20. The summed E-state index contributed by atoms with van der Waals surface area (Å²) in [6, 6.07) is 8.24. The third-order valence-corrected chi connectivity index (χ3v) is 5.54. The van der Waals surface area contributed by atoms with Gasteiger partial charge >= 0.3 is 0 Å². The minimum atomic E-state index is -0.373. The molecule has 0 radical (unpaired) electrons. The molecule has 7 heteroatoms. The van der Waals surface area contributed by atoms with Crippen LogP contribution in [0.2, 0.25) is 15.1 Å². The molecule has 2 aromatic rings. The molecule has 1 saturated heterocycles. The first-order chi connectivity index (χ1) is 12.3. The second kappa shape index (κ2) is 7.95. The minimum Gasteiger partial charge on any atom is -0.397 e. The summed E-state index contributed by atoms with van der Waals surface area (Å²) in [4.78, 5) is 14.8. The van der Waals surface area contributed by atoms with E-state index in [2.05, 4.69) is 17.1 Å². The van der Waals surface area contributed by atoms with Crippen molar-refractivity contribution in [1.29, 1.82) is 0 Å². The van der Waals surface area contributed by atoms with Crippen molar-refractivity contribution in [1.82, 2.24) is 0 Å². The van der Waals surface area contributed by atoms with Gasteiger partial charge in [0.25, 0.3) is 5.91 Å². The predicted octanol–water partition coefficient (Wildman–Crippen LogP) is 5.72. The van der Waals surface area contributed by atoms with E-state index in [0.29, 0.717) is 37.9 Å². The molecule has 3 rings (SSSR count). The fraction of sp³-hybridized carbons (Fsp3) is 0.316. The second-order valence-electron chi connectivity index (χ2n) is 6.64. The normalized spacial score (nSPS) is 15.2. The summed E-state index contributed by atoms with van der Waals surface area (Å²) in [7, 11) is 0. The van der Waals surface area contributed by atoms with Crippen LogP contribution in [0.15, 0.2) is 30.3 Å². The number of hydrogen-bond acceptors (Lipinski definition) is 3. The Bertz CT molecular complexity index is 833. The summed E-state index contributed by atoms with van der Waals surface area (Å²) in [5, 5.41) is 3.95. The number of nitrogens with one attached hydrogen (secondary N) is 1. The molecule has 138 valence electrons. The summed E-state index contributed by atoms with van der Waals surface area (Å²) in [5.41, 5.74) is 8.44. The zero-order chi connectivity index (χ0) is 18.8. The van der Waals surface area contributed by atoms with Crippen molar-refractivity contribution in [3.8, 4) is 0 Å². The molecular formula is C19H20Cl3N3O. The minimum absolute atomic E-state index is 0.292. The van der Waals surface area contributed by atoms with Gasteiger partial charge in [-0.2, -0.15) is 0 Å². The number of nitrogens with zero attached hydrogens (tertiary/aromatic N) is 1. The highest BCUT2D eigenvalue weighted by atomic mass is 35.5. The van der Waals surface area contributed by atoms with Crippen LogP contribution in [0.5, 0.6) is 0 Å². The average Bonchev–Trinajstić information content (AvgIpc) is 2.60. The lowest BCUT2D eigenvalue weighted by atomic mass is 9.98. The van der Waals surface area contributed by atoms with Crippen LogP contribution >= 0.6 is 34.8 Å². The number of nitrogens with two attached hydrogens (primary N) is 1. The van der Waals surface area contributed by atoms with Gasteiger partial charge in [-0.15, -0.1) is 0 Å². The van der Waals surface area contributed by atoms with Gasteiger partial charge in [0.15, 0.2) is 0 Å². The number of hydrogen-bond donors (Lipinski definition) is 2. The summed E-state index contributed by atoms with van der Waals surface area (Å²) in [6.45, 7) is 4.12. The van der Waals surface area contributed by atoms with Gasteiger partial charge in [0.05, 0.1) is 32.7 Å². The number of nitrogen functional groups attached to an aromatic ring is 1. The molecule has 0 aromatic heterocycles. The van der Waals surface area contributed by atoms with Crippen LogP contribution < -0.4 is 16.0 Å². The summed E-state index contributed by atoms with van der Waals surface area (Å²) < 4.78 is 0. The smallest absolute Gasteiger partial charge is 0.257 e. The lowest BCUT2D eigenvalue weighted by Crippen LogP contribution is -2.33. The average molecular weight is 413 g/mol. The Balaban J connectivity index is 1.87. The zero-order valence-electron chi connectivity index (χ0n) is 14.4. The van der Waals surface area contributed by atoms with Crippen LogP contribution in [0.1, 0.15) is 30.1 Å². The maximum atomic E-state index is 12.6. The molecule has 0 bridgehead atoms. The number of piperidine rings is 1. The number of carbonyl (C=O) groups excluding carboxylic acids is 1. The molecular weight excluding hydrogens is 393 g/mol. The third-order valence-electron chi connectivity index (χ3n) is 4.66. The van der Waals surface area contributed by atoms with E-state index < -0.39 is 0 Å². The van der Waals surface area contributed by atoms with Crippen LogP contribution in [0.3, 0.4) is 0 Å². The third kappa shape index (κ3) is 4.20. The van der Waals surface area contributed by atoms with Crippen molar-refractivity contribution in [3.05, 3.63) is 51.0 Å². The first-order valence-corrected chi connectivity index (χ1v) is 9.59. The second-order valence-corrected chi connectivity index (χ2v) is 7.89. The number of benzene rings is 2. The molecule has 0 unspecified atom stereocenters. The molecule has 1 fully saturated rings. The fourth-order valence-corrected chi connectivity index (χ4v) is 3.65. The lowest BCUT2D eigenvalue weighted by molar-refractivity contribution is 0.102. The van der Waals surface area contributed by atoms with E-state index in [1.807, 2.05) is 6.07 Å². The molecule has 4 nitrogen and oxygen atoms in total. The van der Waals surface area contributed by atoms with Crippen LogP contribution in [0.25, 0.3) is 0 Å². The number of rotatable bonds is 3. The van der Waals surface area contributed by atoms with Crippen LogP contribution in [-0.2, 0) is 0 Å². The van der Waals surface area contributed by atoms with Crippen LogP contribution in [0.4, 0.5) is 17.1 Å². The molecule has 3 N–H and O–H groups in total. The van der Waals surface area contributed by atoms with E-state index in [9.17, 15) is 4.79 Å². The van der Waals surface area contributed by atoms with Crippen LogP contribution in [0, 0.1) is 5.92 Å². The van der Waals surface area contributed by atoms with Gasteiger partial charge in [-0.05, 0) is 49.1 Å². The Morgan fingerprint density at radius 2 is 1.81 bits per heavy atom. The maximum Gasteiger partial charge on any atom is 0.257 e. The number of carbonyl (C=O) groups is 1. The van der Waals surface area contributed by atoms with E-state index in [1.54, 1.807) is 18.2 Å². The SMILES string of the molecule is CC1CCN(c2cc(NC(=O)c3cc(Cl)ccc3Cl)c(Cl)cc2N)CC1. The summed E-state index contributed by atoms with van der Waals surface area (Å²) in [6.07, 6.45) is 2.23. The molecule has 1 aliphatic heterocycles. The fourth-order valence-electron chi connectivity index (χ4n) is 3.06. The van der Waals surface area contributed by atoms with Crippen molar-refractivity contribution in [2.24, 2.45) is 5.92 Å². The van der Waals surface area contributed by atoms with E-state index >= 15 is 0 Å². The number of anilines is 3. The van der Waals surface area contributed by atoms with Gasteiger partial charge in [-0.1, -0.05) is 41.7 Å². The van der Waals surface area contributed by atoms with Gasteiger partial charge in [0, 0.05) is 18.1 Å². The van der Waals surface area contributed by atoms with E-state index in [-0.39, 0.29) is 5.91 Å². The van der Waals surface area contributed by atoms with Crippen molar-refractivity contribution < 1.29 is 4.79 Å². The predicted molar refractivity (Wildman–Crippen MR) is 111 cm³/mol. The number of amides is 1. The summed E-state index contributed by atoms with van der Waals surface area (Å²) in [5.74, 6) is 0.339. The standard InChI is InChI=1S/C19H20Cl3N3O/c1-11-4-6-25(7-5-11)18-10-17(15(22)9-16(18)23)24-19(26)13-8-12(20)2-3-14(13)21/h2-3,8-11H,4-7,23H2,1H3,(H,24,26). The molecule has 0 atom stereocenters. The van der Waals surface area contributed by atoms with Crippen LogP contribution in [-0.4, -0.2) is 19.0 Å². The van der Waals surface area contributed by atoms with E-state index in [0.717, 1.165) is 31.6 Å². The maximum absolute atomic E-state index is 12.6. The first-order valence-electron chi connectivity index (χ1n) is 8.45. The molecule has 1 amide bonds. The topological polar surface area (TPSA) is 58.4 Å². The van der Waals surface area contributed by atoms with E-state index in [1.165, 1.54) is 6.07 Å². The molecule has 1 aliphatic rings. The van der Waals surface area contributed by atoms with Crippen molar-refractivity contribution in [2.45, 2.75) is 19.8 Å². The Labute approximate surface area is 168 Å². The van der Waals surface area contributed by atoms with Crippen molar-refractivity contribution in [2.75, 3.05) is 29.0 Å². The van der Waals surface area contributed by atoms with E-state index in [4.69, 9.17) is 40.5 Å². The molecule has 2 aromatic carbocycles. The number of halogens is 3. The summed E-state index contributed by atoms with van der Waals surface area (Å²) >= 11 is 18.4. The van der Waals surface area contributed by atoms with Gasteiger partial charge in [0.1, 0.15) is 0 Å².